The second-order valence-electron chi connectivity index (χ2n) is 5.00. The Bertz CT molecular complexity index is 1090. The number of aryl methyl sites for hydroxylation is 1. The summed E-state index contributed by atoms with van der Waals surface area (Å²) in [6.45, 7) is -1.58. The molecule has 1 aliphatic heterocycles. The van der Waals surface area contributed by atoms with Crippen LogP contribution in [0.1, 0.15) is 9.68 Å². The van der Waals surface area contributed by atoms with Crippen molar-refractivity contribution in [2.75, 3.05) is 0 Å². The van der Waals surface area contributed by atoms with Crippen molar-refractivity contribution >= 4 is 16.8 Å². The molecule has 0 unspecified atom stereocenters. The number of nitrogens with zero attached hydrogens (tertiary/aromatic N) is 5. The van der Waals surface area contributed by atoms with Gasteiger partial charge in [0, 0.05) is 24.9 Å². The molecular weight excluding hydrogens is 250 g/mol. The highest BCUT2D eigenvalue weighted by Gasteiger charge is 2.30. The normalized spacial score (nSPS) is 15.9. The molecule has 5 rings (SSSR count). The van der Waals surface area contributed by atoms with Crippen LogP contribution in [0.3, 0.4) is 0 Å². The van der Waals surface area contributed by atoms with Gasteiger partial charge in [-0.3, -0.25) is 14.1 Å². The van der Waals surface area contributed by atoms with Gasteiger partial charge in [0.05, 0.1) is 16.9 Å². The van der Waals surface area contributed by atoms with Crippen LogP contribution in [0.5, 0.6) is 0 Å². The molecule has 20 heavy (non-hydrogen) atoms. The van der Waals surface area contributed by atoms with E-state index in [0.717, 1.165) is 16.8 Å². The van der Waals surface area contributed by atoms with Gasteiger partial charge in [0.15, 0.2) is 17.5 Å². The lowest BCUT2D eigenvalue weighted by molar-refractivity contribution is -0.484. The summed E-state index contributed by atoms with van der Waals surface area (Å²) in [6.07, 6.45) is 7.15. The van der Waals surface area contributed by atoms with Gasteiger partial charge in [-0.25, -0.2) is 0 Å². The zero-order valence-corrected chi connectivity index (χ0v) is 10.5. The minimum Gasteiger partial charge on any atom is -0.272 e. The molecular formula is C15H12N5+. The van der Waals surface area contributed by atoms with E-state index in [1.807, 2.05) is 16.8 Å². The molecule has 4 aromatic heterocycles. The minimum atomic E-state index is -2.29. The van der Waals surface area contributed by atoms with Gasteiger partial charge in [-0.2, -0.15) is 4.40 Å². The lowest BCUT2D eigenvalue weighted by Crippen LogP contribution is -2.18. The maximum absolute atomic E-state index is 7.97. The SMILES string of the molecule is [2H]C([2H])([2H])n1c2cccnc2[n+]2cn3c(c12)-c1cnccc1C3. The van der Waals surface area contributed by atoms with Crippen LogP contribution >= 0.6 is 0 Å². The van der Waals surface area contributed by atoms with Crippen molar-refractivity contribution in [3.8, 4) is 11.3 Å². The summed E-state index contributed by atoms with van der Waals surface area (Å²) in [5.41, 5.74) is 4.87. The summed E-state index contributed by atoms with van der Waals surface area (Å²) in [4.78, 5) is 8.57. The highest BCUT2D eigenvalue weighted by Crippen LogP contribution is 2.34. The number of hydrogen-bond acceptors (Lipinski definition) is 2. The first-order chi connectivity index (χ1) is 11.1. The Kier molecular flexibility index (Phi) is 1.27. The fourth-order valence-electron chi connectivity index (χ4n) is 3.08. The van der Waals surface area contributed by atoms with Crippen molar-refractivity contribution < 1.29 is 8.51 Å². The predicted octanol–water partition coefficient (Wildman–Crippen LogP) is 1.54. The predicted molar refractivity (Wildman–Crippen MR) is 74.2 cm³/mol. The molecule has 5 nitrogen and oxygen atoms in total. The van der Waals surface area contributed by atoms with Gasteiger partial charge in [-0.1, -0.05) is 0 Å². The van der Waals surface area contributed by atoms with Crippen LogP contribution < -0.4 is 4.40 Å². The highest BCUT2D eigenvalue weighted by molar-refractivity contribution is 5.82. The Morgan fingerprint density at radius 3 is 3.30 bits per heavy atom. The Morgan fingerprint density at radius 1 is 1.35 bits per heavy atom. The molecule has 0 bridgehead atoms. The van der Waals surface area contributed by atoms with Crippen molar-refractivity contribution in [3.63, 3.8) is 0 Å². The van der Waals surface area contributed by atoms with Gasteiger partial charge in [-0.15, -0.1) is 4.98 Å². The van der Waals surface area contributed by atoms with E-state index >= 15 is 0 Å². The van der Waals surface area contributed by atoms with E-state index in [1.165, 1.54) is 4.57 Å². The van der Waals surface area contributed by atoms with E-state index in [-0.39, 0.29) is 0 Å². The summed E-state index contributed by atoms with van der Waals surface area (Å²) in [5.74, 6) is 0. The van der Waals surface area contributed by atoms with Crippen LogP contribution in [0.15, 0.2) is 43.1 Å². The van der Waals surface area contributed by atoms with Gasteiger partial charge in [0.25, 0.3) is 5.65 Å². The summed E-state index contributed by atoms with van der Waals surface area (Å²) < 4.78 is 29.2. The van der Waals surface area contributed by atoms with Gasteiger partial charge in [0.1, 0.15) is 0 Å². The van der Waals surface area contributed by atoms with Crippen LogP contribution in [-0.4, -0.2) is 19.1 Å². The molecule has 5 heterocycles. The molecule has 4 aromatic rings. The van der Waals surface area contributed by atoms with Gasteiger partial charge >= 0.3 is 0 Å². The fraction of sp³-hybridized carbons (Fsp3) is 0.133. The number of imidazole rings is 2. The summed E-state index contributed by atoms with van der Waals surface area (Å²) in [5, 5.41) is 0. The zero-order chi connectivity index (χ0) is 15.8. The zero-order valence-electron chi connectivity index (χ0n) is 13.5. The van der Waals surface area contributed by atoms with Crippen LogP contribution in [0.4, 0.5) is 0 Å². The monoisotopic (exact) mass is 265 g/mol. The second kappa shape index (κ2) is 3.25. The summed E-state index contributed by atoms with van der Waals surface area (Å²) >= 11 is 0. The third-order valence-corrected chi connectivity index (χ3v) is 3.94. The topological polar surface area (TPSA) is 39.7 Å². The molecule has 0 aromatic carbocycles. The Hall–Kier alpha value is -2.69. The van der Waals surface area contributed by atoms with E-state index in [9.17, 15) is 0 Å². The molecule has 0 spiro atoms. The number of aromatic nitrogens is 5. The molecule has 96 valence electrons. The lowest BCUT2D eigenvalue weighted by atomic mass is 10.1. The number of hydrogen-bond donors (Lipinski definition) is 0. The Morgan fingerprint density at radius 2 is 2.35 bits per heavy atom. The van der Waals surface area contributed by atoms with Crippen molar-refractivity contribution in [1.29, 1.82) is 0 Å². The third kappa shape index (κ3) is 1.02. The molecule has 0 saturated heterocycles. The maximum Gasteiger partial charge on any atom is 0.272 e. The molecule has 1 aliphatic rings. The van der Waals surface area contributed by atoms with Gasteiger partial charge < -0.3 is 0 Å². The first kappa shape index (κ1) is 7.79. The van der Waals surface area contributed by atoms with Gasteiger partial charge in [-0.05, 0) is 23.8 Å². The lowest BCUT2D eigenvalue weighted by Gasteiger charge is -1.95. The van der Waals surface area contributed by atoms with Gasteiger partial charge in [0.2, 0.25) is 5.65 Å². The van der Waals surface area contributed by atoms with Crippen molar-refractivity contribution in [1.82, 2.24) is 19.1 Å². The molecule has 0 N–H and O–H groups in total. The van der Waals surface area contributed by atoms with Crippen molar-refractivity contribution in [2.45, 2.75) is 6.54 Å². The first-order valence-corrected chi connectivity index (χ1v) is 6.39. The molecule has 0 amide bonds. The van der Waals surface area contributed by atoms with Crippen molar-refractivity contribution in [3.05, 3.63) is 48.7 Å². The van der Waals surface area contributed by atoms with E-state index in [4.69, 9.17) is 4.11 Å². The largest absolute Gasteiger partial charge is 0.272 e. The van der Waals surface area contributed by atoms with Crippen molar-refractivity contribution in [2.24, 2.45) is 6.98 Å². The average Bonchev–Trinajstić information content (AvgIpc) is 3.12. The summed E-state index contributed by atoms with van der Waals surface area (Å²) in [6, 6.07) is 5.52. The van der Waals surface area contributed by atoms with Crippen LogP contribution in [-0.2, 0) is 13.5 Å². The quantitative estimate of drug-likeness (QED) is 0.398. The molecule has 5 heteroatoms. The van der Waals surface area contributed by atoms with Crippen LogP contribution in [0.25, 0.3) is 28.1 Å². The molecule has 0 radical (unpaired) electrons. The molecule has 0 atom stereocenters. The maximum atomic E-state index is 7.97. The van der Waals surface area contributed by atoms with Crippen LogP contribution in [0.2, 0.25) is 0 Å². The number of pyridine rings is 2. The summed E-state index contributed by atoms with van der Waals surface area (Å²) in [7, 11) is 0. The van der Waals surface area contributed by atoms with E-state index in [2.05, 4.69) is 14.5 Å². The molecule has 0 saturated carbocycles. The first-order valence-electron chi connectivity index (χ1n) is 7.89. The Balaban J connectivity index is 2.02. The number of rotatable bonds is 0. The molecule has 0 aliphatic carbocycles. The van der Waals surface area contributed by atoms with Crippen LogP contribution in [0, 0.1) is 0 Å². The third-order valence-electron chi connectivity index (χ3n) is 3.94. The standard InChI is InChI=1S/C15H12N5/c1-18-12-3-2-5-17-14(12)20-9-19-8-10-4-6-16-7-11(10)13(19)15(18)20/h2-7,9H,8H2,1H3/q+1/i1D3. The minimum absolute atomic E-state index is 0.600. The molecule has 0 fully saturated rings. The van der Waals surface area contributed by atoms with E-state index < -0.39 is 6.98 Å². The second-order valence-corrected chi connectivity index (χ2v) is 5.00. The average molecular weight is 265 g/mol. The Labute approximate surface area is 119 Å². The smallest absolute Gasteiger partial charge is 0.272 e. The van der Waals surface area contributed by atoms with E-state index in [1.54, 1.807) is 30.7 Å². The fourth-order valence-corrected chi connectivity index (χ4v) is 3.08. The number of fused-ring (bicyclic) bond motifs is 7. The van der Waals surface area contributed by atoms with E-state index in [0.29, 0.717) is 23.4 Å². The highest BCUT2D eigenvalue weighted by atomic mass is 15.2.